The first-order chi connectivity index (χ1) is 16.1. The van der Waals surface area contributed by atoms with Crippen LogP contribution in [0.3, 0.4) is 0 Å². The Morgan fingerprint density at radius 1 is 0.941 bits per heavy atom. The van der Waals surface area contributed by atoms with E-state index >= 15 is 0 Å². The third kappa shape index (κ3) is 5.42. The standard InChI is InChI=1S/C28H31ClN2O3/c1-6-14-31(24-11-13-26(29)19(3)16-24)23-9-7-8-21(17-23)22-10-12-25(18(2)15-22)27(32)30(5)20(4)28(33)34/h7-13,15-17,20H,6,14H2,1-5H3,(H,33,34). The van der Waals surface area contributed by atoms with Crippen molar-refractivity contribution in [3.05, 3.63) is 82.4 Å². The second-order valence-electron chi connectivity index (χ2n) is 8.60. The third-order valence-corrected chi connectivity index (χ3v) is 6.53. The van der Waals surface area contributed by atoms with Crippen molar-refractivity contribution < 1.29 is 14.7 Å². The minimum Gasteiger partial charge on any atom is -0.480 e. The Labute approximate surface area is 206 Å². The third-order valence-electron chi connectivity index (χ3n) is 6.11. The maximum atomic E-state index is 12.8. The van der Waals surface area contributed by atoms with E-state index < -0.39 is 12.0 Å². The van der Waals surface area contributed by atoms with E-state index in [1.807, 2.05) is 44.2 Å². The molecular formula is C28H31ClN2O3. The summed E-state index contributed by atoms with van der Waals surface area (Å²) in [7, 11) is 1.51. The monoisotopic (exact) mass is 478 g/mol. The average Bonchev–Trinajstić information content (AvgIpc) is 2.83. The van der Waals surface area contributed by atoms with Crippen LogP contribution < -0.4 is 4.90 Å². The molecule has 1 N–H and O–H groups in total. The molecule has 5 nitrogen and oxygen atoms in total. The number of rotatable bonds is 8. The van der Waals surface area contributed by atoms with Crippen LogP contribution in [0.15, 0.2) is 60.7 Å². The van der Waals surface area contributed by atoms with Crippen molar-refractivity contribution in [3.63, 3.8) is 0 Å². The Bertz CT molecular complexity index is 1210. The molecule has 0 saturated carbocycles. The number of carboxylic acids is 1. The molecule has 178 valence electrons. The molecule has 0 aliphatic carbocycles. The van der Waals surface area contributed by atoms with E-state index in [9.17, 15) is 14.7 Å². The Balaban J connectivity index is 1.94. The van der Waals surface area contributed by atoms with Crippen LogP contribution in [0, 0.1) is 13.8 Å². The number of carboxylic acid groups (broad SMARTS) is 1. The molecule has 0 bridgehead atoms. The molecule has 34 heavy (non-hydrogen) atoms. The molecule has 0 aliphatic heterocycles. The van der Waals surface area contributed by atoms with Crippen molar-refractivity contribution in [1.82, 2.24) is 4.90 Å². The lowest BCUT2D eigenvalue weighted by Gasteiger charge is -2.26. The smallest absolute Gasteiger partial charge is 0.326 e. The molecule has 1 unspecified atom stereocenters. The number of carbonyl (C=O) groups is 2. The summed E-state index contributed by atoms with van der Waals surface area (Å²) in [6.07, 6.45) is 0.990. The molecule has 0 heterocycles. The van der Waals surface area contributed by atoms with Gasteiger partial charge in [0.15, 0.2) is 0 Å². The molecule has 0 radical (unpaired) electrons. The molecule has 6 heteroatoms. The molecule has 1 amide bonds. The number of aryl methyl sites for hydroxylation is 2. The molecule has 0 spiro atoms. The Morgan fingerprint density at radius 2 is 1.62 bits per heavy atom. The maximum Gasteiger partial charge on any atom is 0.326 e. The first-order valence-electron chi connectivity index (χ1n) is 11.4. The molecule has 1 atom stereocenters. The van der Waals surface area contributed by atoms with E-state index in [-0.39, 0.29) is 5.91 Å². The minimum atomic E-state index is -1.03. The van der Waals surface area contributed by atoms with Gasteiger partial charge in [-0.2, -0.15) is 0 Å². The number of likely N-dealkylation sites (N-methyl/N-ethyl adjacent to an activating group) is 1. The van der Waals surface area contributed by atoms with Crippen molar-refractivity contribution in [2.75, 3.05) is 18.5 Å². The highest BCUT2D eigenvalue weighted by molar-refractivity contribution is 6.31. The number of anilines is 2. The van der Waals surface area contributed by atoms with E-state index in [0.717, 1.165) is 51.6 Å². The zero-order valence-corrected chi connectivity index (χ0v) is 21.1. The lowest BCUT2D eigenvalue weighted by atomic mass is 9.98. The SMILES string of the molecule is CCCN(c1cccc(-c2ccc(C(=O)N(C)C(C)C(=O)O)c(C)c2)c1)c1ccc(Cl)c(C)c1. The topological polar surface area (TPSA) is 60.9 Å². The van der Waals surface area contributed by atoms with Gasteiger partial charge in [-0.25, -0.2) is 4.79 Å². The summed E-state index contributed by atoms with van der Waals surface area (Å²) in [6.45, 7) is 8.40. The highest BCUT2D eigenvalue weighted by Gasteiger charge is 2.24. The first kappa shape index (κ1) is 25.3. The lowest BCUT2D eigenvalue weighted by Crippen LogP contribution is -2.40. The molecule has 3 rings (SSSR count). The average molecular weight is 479 g/mol. The van der Waals surface area contributed by atoms with Crippen LogP contribution >= 0.6 is 11.6 Å². The molecule has 0 aliphatic rings. The quantitative estimate of drug-likeness (QED) is 0.390. The van der Waals surface area contributed by atoms with Crippen LogP contribution in [0.2, 0.25) is 5.02 Å². The van der Waals surface area contributed by atoms with Crippen molar-refractivity contribution in [1.29, 1.82) is 0 Å². The second kappa shape index (κ2) is 10.7. The van der Waals surface area contributed by atoms with Gasteiger partial charge in [0.25, 0.3) is 5.91 Å². The van der Waals surface area contributed by atoms with Gasteiger partial charge in [-0.3, -0.25) is 4.79 Å². The van der Waals surface area contributed by atoms with Gasteiger partial charge in [0.05, 0.1) is 0 Å². The predicted molar refractivity (Wildman–Crippen MR) is 139 cm³/mol. The van der Waals surface area contributed by atoms with Gasteiger partial charge in [0, 0.05) is 35.6 Å². The number of hydrogen-bond acceptors (Lipinski definition) is 3. The number of amides is 1. The van der Waals surface area contributed by atoms with Gasteiger partial charge in [0.2, 0.25) is 0 Å². The van der Waals surface area contributed by atoms with Crippen molar-refractivity contribution in [3.8, 4) is 11.1 Å². The zero-order valence-electron chi connectivity index (χ0n) is 20.3. The number of halogens is 1. The molecule has 0 fully saturated rings. The number of benzene rings is 3. The molecule has 3 aromatic rings. The number of aliphatic carboxylic acids is 1. The van der Waals surface area contributed by atoms with E-state index in [2.05, 4.69) is 36.1 Å². The van der Waals surface area contributed by atoms with E-state index in [1.165, 1.54) is 18.9 Å². The fourth-order valence-electron chi connectivity index (χ4n) is 3.90. The van der Waals surface area contributed by atoms with Gasteiger partial charge < -0.3 is 14.9 Å². The second-order valence-corrected chi connectivity index (χ2v) is 9.00. The van der Waals surface area contributed by atoms with E-state index in [1.54, 1.807) is 6.07 Å². The van der Waals surface area contributed by atoms with E-state index in [4.69, 9.17) is 11.6 Å². The fourth-order valence-corrected chi connectivity index (χ4v) is 4.01. The van der Waals surface area contributed by atoms with Crippen molar-refractivity contribution in [2.24, 2.45) is 0 Å². The Hall–Kier alpha value is -3.31. The normalized spacial score (nSPS) is 11.7. The molecule has 0 aromatic heterocycles. The summed E-state index contributed by atoms with van der Waals surface area (Å²) < 4.78 is 0. The van der Waals surface area contributed by atoms with Gasteiger partial charge in [-0.1, -0.05) is 42.8 Å². The van der Waals surface area contributed by atoms with Crippen LogP contribution in [-0.4, -0.2) is 41.5 Å². The Morgan fingerprint density at radius 3 is 2.24 bits per heavy atom. The van der Waals surface area contributed by atoms with Crippen LogP contribution in [0.25, 0.3) is 11.1 Å². The Kier molecular flexibility index (Phi) is 8.00. The summed E-state index contributed by atoms with van der Waals surface area (Å²) in [5, 5.41) is 9.98. The van der Waals surface area contributed by atoms with Crippen molar-refractivity contribution >= 4 is 34.9 Å². The van der Waals surface area contributed by atoms with Gasteiger partial charge in [0.1, 0.15) is 6.04 Å². The van der Waals surface area contributed by atoms with Crippen molar-refractivity contribution in [2.45, 2.75) is 40.2 Å². The largest absolute Gasteiger partial charge is 0.480 e. The minimum absolute atomic E-state index is 0.306. The highest BCUT2D eigenvalue weighted by Crippen LogP contribution is 2.32. The first-order valence-corrected chi connectivity index (χ1v) is 11.8. The van der Waals surface area contributed by atoms with Gasteiger partial charge in [-0.15, -0.1) is 0 Å². The fraction of sp³-hybridized carbons (Fsp3) is 0.286. The van der Waals surface area contributed by atoms with E-state index in [0.29, 0.717) is 5.56 Å². The van der Waals surface area contributed by atoms with Crippen LogP contribution in [0.4, 0.5) is 11.4 Å². The predicted octanol–water partition coefficient (Wildman–Crippen LogP) is 6.72. The summed E-state index contributed by atoms with van der Waals surface area (Å²) in [5.41, 5.74) is 6.54. The summed E-state index contributed by atoms with van der Waals surface area (Å²) >= 11 is 6.24. The number of hydrogen-bond donors (Lipinski definition) is 1. The maximum absolute atomic E-state index is 12.8. The van der Waals surface area contributed by atoms with Gasteiger partial charge >= 0.3 is 5.97 Å². The summed E-state index contributed by atoms with van der Waals surface area (Å²) in [6, 6.07) is 19.2. The van der Waals surface area contributed by atoms with Gasteiger partial charge in [-0.05, 0) is 85.8 Å². The highest BCUT2D eigenvalue weighted by atomic mass is 35.5. The van der Waals surface area contributed by atoms with Crippen LogP contribution in [-0.2, 0) is 4.79 Å². The van der Waals surface area contributed by atoms with Crippen LogP contribution in [0.1, 0.15) is 41.8 Å². The molecule has 0 saturated heterocycles. The molecular weight excluding hydrogens is 448 g/mol. The zero-order chi connectivity index (χ0) is 25.0. The number of nitrogens with zero attached hydrogens (tertiary/aromatic N) is 2. The lowest BCUT2D eigenvalue weighted by molar-refractivity contribution is -0.141. The number of carbonyl (C=O) groups excluding carboxylic acids is 1. The molecule has 3 aromatic carbocycles. The summed E-state index contributed by atoms with van der Waals surface area (Å²) in [4.78, 5) is 27.6. The van der Waals surface area contributed by atoms with Crippen LogP contribution in [0.5, 0.6) is 0 Å². The summed E-state index contributed by atoms with van der Waals surface area (Å²) in [5.74, 6) is -1.34.